The van der Waals surface area contributed by atoms with Gasteiger partial charge in [0.25, 0.3) is 0 Å². The number of carbonyl (C=O) groups excluding carboxylic acids is 1. The molecule has 4 rings (SSSR count). The molecule has 2 atom stereocenters. The molecule has 2 aromatic rings. The van der Waals surface area contributed by atoms with Gasteiger partial charge in [-0.1, -0.05) is 6.07 Å². The van der Waals surface area contributed by atoms with Crippen LogP contribution in [0.3, 0.4) is 0 Å². The number of anilines is 1. The van der Waals surface area contributed by atoms with E-state index in [0.29, 0.717) is 12.1 Å². The Kier molecular flexibility index (Phi) is 5.36. The number of nitrogens with zero attached hydrogens (tertiary/aromatic N) is 3. The molecule has 6 heteroatoms. The minimum Gasteiger partial charge on any atom is -0.485 e. The summed E-state index contributed by atoms with van der Waals surface area (Å²) in [5, 5.41) is 6.12. The largest absolute Gasteiger partial charge is 0.485 e. The number of rotatable bonds is 5. The minimum atomic E-state index is -0.273. The van der Waals surface area contributed by atoms with E-state index >= 15 is 0 Å². The first-order valence-electron chi connectivity index (χ1n) is 10.5. The van der Waals surface area contributed by atoms with Crippen molar-refractivity contribution in [3.8, 4) is 5.75 Å². The van der Waals surface area contributed by atoms with E-state index in [9.17, 15) is 9.18 Å². The van der Waals surface area contributed by atoms with E-state index < -0.39 is 0 Å². The topological polar surface area (TPSA) is 41.9 Å². The highest BCUT2D eigenvalue weighted by Crippen LogP contribution is 2.34. The quantitative estimate of drug-likeness (QED) is 0.699. The van der Waals surface area contributed by atoms with Crippen LogP contribution < -0.4 is 9.75 Å². The van der Waals surface area contributed by atoms with Crippen molar-refractivity contribution < 1.29 is 18.4 Å². The van der Waals surface area contributed by atoms with Gasteiger partial charge in [-0.3, -0.25) is 4.79 Å². The van der Waals surface area contributed by atoms with Crippen LogP contribution in [0.25, 0.3) is 0 Å². The molecule has 0 saturated carbocycles. The lowest BCUT2D eigenvalue weighted by atomic mass is 9.79. The number of hydrogen-bond acceptors (Lipinski definition) is 3. The molecular formula is C24H29FN3O2+. The average molecular weight is 411 g/mol. The molecule has 0 N–H and O–H groups in total. The number of likely N-dealkylation sites (N-methyl/N-ethyl adjacent to an activating group) is 1. The molecule has 1 aliphatic carbocycles. The number of hydrogen-bond donors (Lipinski definition) is 0. The smallest absolute Gasteiger partial charge is 0.248 e. The third-order valence-corrected chi connectivity index (χ3v) is 5.59. The van der Waals surface area contributed by atoms with E-state index in [2.05, 4.69) is 33.2 Å². The molecule has 1 amide bonds. The predicted molar refractivity (Wildman–Crippen MR) is 116 cm³/mol. The Morgan fingerprint density at radius 3 is 2.63 bits per heavy atom. The summed E-state index contributed by atoms with van der Waals surface area (Å²) in [5.41, 5.74) is 3.43. The Labute approximate surface area is 177 Å². The number of aryl methyl sites for hydroxylation is 1. The molecule has 0 radical (unpaired) electrons. The minimum absolute atomic E-state index is 0.0318. The maximum atomic E-state index is 13.9. The molecule has 2 aliphatic rings. The first kappa shape index (κ1) is 20.5. The van der Waals surface area contributed by atoms with Gasteiger partial charge in [-0.25, -0.2) is 9.40 Å². The average Bonchev–Trinajstić information content (AvgIpc) is 2.66. The Hall–Kier alpha value is -2.73. The summed E-state index contributed by atoms with van der Waals surface area (Å²) in [5.74, 6) is 0.516. The van der Waals surface area contributed by atoms with Crippen molar-refractivity contribution in [1.82, 2.24) is 0 Å². The van der Waals surface area contributed by atoms with Crippen molar-refractivity contribution in [1.29, 1.82) is 0 Å². The van der Waals surface area contributed by atoms with Gasteiger partial charge in [0.2, 0.25) is 5.91 Å². The second-order valence-electron chi connectivity index (χ2n) is 9.33. The zero-order valence-corrected chi connectivity index (χ0v) is 18.1. The van der Waals surface area contributed by atoms with Crippen molar-refractivity contribution >= 4 is 17.3 Å². The molecule has 1 aliphatic heterocycles. The molecule has 1 heterocycles. The van der Waals surface area contributed by atoms with Gasteiger partial charge >= 0.3 is 0 Å². The molecule has 5 nitrogen and oxygen atoms in total. The zero-order valence-electron chi connectivity index (χ0n) is 18.1. The van der Waals surface area contributed by atoms with E-state index in [1.54, 1.807) is 6.07 Å². The highest BCUT2D eigenvalue weighted by atomic mass is 19.1. The highest BCUT2D eigenvalue weighted by molar-refractivity contribution is 6.11. The third-order valence-electron chi connectivity index (χ3n) is 5.59. The number of hydrazone groups is 1. The second-order valence-corrected chi connectivity index (χ2v) is 9.33. The van der Waals surface area contributed by atoms with Crippen LogP contribution in [0.4, 0.5) is 10.1 Å². The number of amides is 1. The first-order valence-corrected chi connectivity index (χ1v) is 10.5. The number of carbonyl (C=O) groups is 1. The lowest BCUT2D eigenvalue weighted by Gasteiger charge is -2.33. The van der Waals surface area contributed by atoms with Gasteiger partial charge in [0.1, 0.15) is 24.2 Å². The van der Waals surface area contributed by atoms with Crippen LogP contribution in [-0.4, -0.2) is 49.9 Å². The Bertz CT molecular complexity index is 979. The van der Waals surface area contributed by atoms with E-state index in [1.807, 2.05) is 30.3 Å². The van der Waals surface area contributed by atoms with Gasteiger partial charge in [0, 0.05) is 17.9 Å². The van der Waals surface area contributed by atoms with Crippen LogP contribution in [0.15, 0.2) is 47.6 Å². The molecule has 0 bridgehead atoms. The molecule has 0 saturated heterocycles. The Morgan fingerprint density at radius 1 is 1.20 bits per heavy atom. The van der Waals surface area contributed by atoms with E-state index in [0.717, 1.165) is 46.5 Å². The summed E-state index contributed by atoms with van der Waals surface area (Å²) in [4.78, 5) is 12.8. The fourth-order valence-electron chi connectivity index (χ4n) is 4.40. The summed E-state index contributed by atoms with van der Waals surface area (Å²) >= 11 is 0. The molecule has 0 spiro atoms. The van der Waals surface area contributed by atoms with Crippen LogP contribution in [0.1, 0.15) is 30.9 Å². The summed E-state index contributed by atoms with van der Waals surface area (Å²) in [6.45, 7) is 2.94. The third kappa shape index (κ3) is 4.38. The molecule has 158 valence electrons. The molecule has 30 heavy (non-hydrogen) atoms. The Balaban J connectivity index is 1.57. The predicted octanol–water partition coefficient (Wildman–Crippen LogP) is 4.00. The van der Waals surface area contributed by atoms with Crippen molar-refractivity contribution in [2.24, 2.45) is 11.0 Å². The molecular weight excluding hydrogens is 381 g/mol. The SMILES string of the molecule is CC(C[N+](C)(C)C)Oc1ccc(N2N=C3c4cc(F)ccc4CCC3CC2=O)cc1. The fraction of sp³-hybridized carbons (Fsp3) is 0.417. The number of fused-ring (bicyclic) bond motifs is 3. The van der Waals surface area contributed by atoms with Crippen LogP contribution >= 0.6 is 0 Å². The van der Waals surface area contributed by atoms with E-state index in [1.165, 1.54) is 11.1 Å². The lowest BCUT2D eigenvalue weighted by molar-refractivity contribution is -0.872. The summed E-state index contributed by atoms with van der Waals surface area (Å²) in [7, 11) is 6.39. The normalized spacial score (nSPS) is 19.6. The van der Waals surface area contributed by atoms with Crippen LogP contribution in [0.2, 0.25) is 0 Å². The summed E-state index contributed by atoms with van der Waals surface area (Å²) in [6, 6.07) is 12.3. The first-order chi connectivity index (χ1) is 14.2. The number of ether oxygens (including phenoxy) is 1. The lowest BCUT2D eigenvalue weighted by Crippen LogP contribution is -2.42. The number of benzene rings is 2. The maximum absolute atomic E-state index is 13.9. The number of halogens is 1. The van der Waals surface area contributed by atoms with Crippen LogP contribution in [0, 0.1) is 11.7 Å². The van der Waals surface area contributed by atoms with Crippen molar-refractivity contribution in [3.63, 3.8) is 0 Å². The van der Waals surface area contributed by atoms with Crippen LogP contribution in [-0.2, 0) is 11.2 Å². The molecule has 0 fully saturated rings. The van der Waals surface area contributed by atoms with Crippen molar-refractivity contribution in [2.75, 3.05) is 32.7 Å². The highest BCUT2D eigenvalue weighted by Gasteiger charge is 2.34. The fourth-order valence-corrected chi connectivity index (χ4v) is 4.40. The zero-order chi connectivity index (χ0) is 21.5. The summed E-state index contributed by atoms with van der Waals surface area (Å²) in [6.07, 6.45) is 2.19. The molecule has 2 unspecified atom stereocenters. The van der Waals surface area contributed by atoms with Crippen molar-refractivity contribution in [3.05, 3.63) is 59.4 Å². The van der Waals surface area contributed by atoms with Crippen LogP contribution in [0.5, 0.6) is 5.75 Å². The Morgan fingerprint density at radius 2 is 1.93 bits per heavy atom. The van der Waals surface area contributed by atoms with Crippen molar-refractivity contribution in [2.45, 2.75) is 32.3 Å². The van der Waals surface area contributed by atoms with Gasteiger partial charge in [-0.15, -0.1) is 0 Å². The van der Waals surface area contributed by atoms with Gasteiger partial charge in [0.05, 0.1) is 32.5 Å². The van der Waals surface area contributed by atoms with Gasteiger partial charge in [0.15, 0.2) is 0 Å². The molecule has 0 aromatic heterocycles. The van der Waals surface area contributed by atoms with Gasteiger partial charge in [-0.2, -0.15) is 5.10 Å². The van der Waals surface area contributed by atoms with Gasteiger partial charge in [-0.05, 0) is 61.7 Å². The number of quaternary nitrogens is 1. The monoisotopic (exact) mass is 410 g/mol. The summed E-state index contributed by atoms with van der Waals surface area (Å²) < 4.78 is 20.7. The second kappa shape index (κ2) is 7.84. The molecule has 2 aromatic carbocycles. The maximum Gasteiger partial charge on any atom is 0.248 e. The van der Waals surface area contributed by atoms with Gasteiger partial charge < -0.3 is 9.22 Å². The van der Waals surface area contributed by atoms with E-state index in [-0.39, 0.29) is 23.7 Å². The van der Waals surface area contributed by atoms with E-state index in [4.69, 9.17) is 4.74 Å². The standard InChI is InChI=1S/C24H29FN3O2/c1-16(15-28(2,3)4)30-21-11-9-20(10-12-21)27-23(29)13-18-6-5-17-7-8-19(25)14-22(17)24(18)26-27/h7-12,14,16,18H,5-6,13,15H2,1-4H3/q+1.